The Bertz CT molecular complexity index is 621. The van der Waals surface area contributed by atoms with E-state index in [2.05, 4.69) is 17.9 Å². The van der Waals surface area contributed by atoms with E-state index in [0.29, 0.717) is 13.0 Å². The van der Waals surface area contributed by atoms with Crippen molar-refractivity contribution in [2.75, 3.05) is 26.7 Å². The van der Waals surface area contributed by atoms with E-state index in [1.807, 2.05) is 6.07 Å². The summed E-state index contributed by atoms with van der Waals surface area (Å²) in [6.07, 6.45) is 1.46. The van der Waals surface area contributed by atoms with Gasteiger partial charge >= 0.3 is 0 Å². The summed E-state index contributed by atoms with van der Waals surface area (Å²) in [6, 6.07) is 4.17. The molecular weight excluding hydrogens is 292 g/mol. The minimum atomic E-state index is -0.298. The highest BCUT2D eigenvalue weighted by atomic mass is 16.5. The van der Waals surface area contributed by atoms with Crippen LogP contribution in [-0.4, -0.2) is 49.0 Å². The molecule has 3 N–H and O–H groups in total. The number of aliphatic hydroxyl groups excluding tert-OH is 1. The lowest BCUT2D eigenvalue weighted by atomic mass is 9.69. The van der Waals surface area contributed by atoms with Crippen molar-refractivity contribution in [3.05, 3.63) is 23.3 Å². The fourth-order valence-electron chi connectivity index (χ4n) is 5.03. The first kappa shape index (κ1) is 15.2. The summed E-state index contributed by atoms with van der Waals surface area (Å²) < 4.78 is 11.9. The Morgan fingerprint density at radius 3 is 3.04 bits per heavy atom. The van der Waals surface area contributed by atoms with Gasteiger partial charge in [-0.05, 0) is 30.5 Å². The average molecular weight is 318 g/mol. The molecule has 2 heterocycles. The van der Waals surface area contributed by atoms with E-state index in [0.717, 1.165) is 37.6 Å². The molecule has 126 valence electrons. The number of ether oxygens (including phenoxy) is 2. The number of rotatable bonds is 3. The number of aliphatic hydroxyl groups is 1. The molecule has 1 aromatic rings. The van der Waals surface area contributed by atoms with Gasteiger partial charge in [0, 0.05) is 37.0 Å². The monoisotopic (exact) mass is 318 g/mol. The SMILES string of the molecule is COc1ccc2c3c1O[C@H]1C[C@@H](O)C(C)[C@@]31CCN(CCN)C2. The van der Waals surface area contributed by atoms with Crippen LogP contribution in [0.5, 0.6) is 11.5 Å². The molecule has 0 radical (unpaired) electrons. The molecule has 3 aliphatic rings. The highest BCUT2D eigenvalue weighted by molar-refractivity contribution is 5.59. The van der Waals surface area contributed by atoms with Crippen molar-refractivity contribution in [1.82, 2.24) is 4.90 Å². The fourth-order valence-corrected chi connectivity index (χ4v) is 5.03. The maximum absolute atomic E-state index is 10.5. The van der Waals surface area contributed by atoms with E-state index >= 15 is 0 Å². The highest BCUT2D eigenvalue weighted by Crippen LogP contribution is 2.60. The van der Waals surface area contributed by atoms with Crippen molar-refractivity contribution in [2.24, 2.45) is 11.7 Å². The Balaban J connectivity index is 1.88. The van der Waals surface area contributed by atoms with E-state index in [9.17, 15) is 5.11 Å². The van der Waals surface area contributed by atoms with Crippen molar-refractivity contribution < 1.29 is 14.6 Å². The molecule has 0 bridgehead atoms. The predicted octanol–water partition coefficient (Wildman–Crippen LogP) is 1.26. The van der Waals surface area contributed by atoms with E-state index in [1.54, 1.807) is 7.11 Å². The van der Waals surface area contributed by atoms with Gasteiger partial charge in [-0.3, -0.25) is 4.90 Å². The van der Waals surface area contributed by atoms with Gasteiger partial charge in [0.05, 0.1) is 13.2 Å². The zero-order chi connectivity index (χ0) is 16.2. The Labute approximate surface area is 137 Å². The third kappa shape index (κ3) is 1.96. The number of benzene rings is 1. The van der Waals surface area contributed by atoms with Crippen LogP contribution in [0.25, 0.3) is 0 Å². The molecular formula is C18H26N2O3. The van der Waals surface area contributed by atoms with E-state index < -0.39 is 0 Å². The molecule has 23 heavy (non-hydrogen) atoms. The standard InChI is InChI=1S/C18H26N2O3/c1-11-13(21)9-15-18(11)5-7-20(8-6-19)10-12-3-4-14(22-2)17(23-15)16(12)18/h3-4,11,13,15,21H,5-10,19H2,1-2H3/t11?,13-,15+,18-/m1/s1. The summed E-state index contributed by atoms with van der Waals surface area (Å²) in [5, 5.41) is 10.5. The number of methoxy groups -OCH3 is 1. The molecule has 5 nitrogen and oxygen atoms in total. The quantitative estimate of drug-likeness (QED) is 0.878. The normalized spacial score (nSPS) is 35.4. The molecule has 1 fully saturated rings. The maximum Gasteiger partial charge on any atom is 0.165 e. The van der Waals surface area contributed by atoms with Gasteiger partial charge in [-0.2, -0.15) is 0 Å². The highest BCUT2D eigenvalue weighted by Gasteiger charge is 2.61. The summed E-state index contributed by atoms with van der Waals surface area (Å²) in [5.41, 5.74) is 8.27. The van der Waals surface area contributed by atoms with Gasteiger partial charge in [-0.15, -0.1) is 0 Å². The summed E-state index contributed by atoms with van der Waals surface area (Å²) in [5.74, 6) is 1.91. The maximum atomic E-state index is 10.5. The van der Waals surface area contributed by atoms with Crippen molar-refractivity contribution in [2.45, 2.75) is 43.9 Å². The average Bonchev–Trinajstić information content (AvgIpc) is 2.90. The van der Waals surface area contributed by atoms with E-state index in [4.69, 9.17) is 15.2 Å². The third-order valence-electron chi connectivity index (χ3n) is 6.25. The minimum absolute atomic E-state index is 0.0513. The topological polar surface area (TPSA) is 68.0 Å². The van der Waals surface area contributed by atoms with Gasteiger partial charge in [0.15, 0.2) is 11.5 Å². The van der Waals surface area contributed by atoms with Gasteiger partial charge in [0.1, 0.15) is 6.10 Å². The van der Waals surface area contributed by atoms with Crippen LogP contribution in [0.4, 0.5) is 0 Å². The lowest BCUT2D eigenvalue weighted by molar-refractivity contribution is 0.110. The van der Waals surface area contributed by atoms with Crippen LogP contribution >= 0.6 is 0 Å². The van der Waals surface area contributed by atoms with Crippen LogP contribution < -0.4 is 15.2 Å². The molecule has 1 saturated carbocycles. The van der Waals surface area contributed by atoms with E-state index in [-0.39, 0.29) is 23.5 Å². The van der Waals surface area contributed by atoms with Crippen LogP contribution in [0.15, 0.2) is 12.1 Å². The summed E-state index contributed by atoms with van der Waals surface area (Å²) >= 11 is 0. The van der Waals surface area contributed by atoms with Crippen LogP contribution in [0.2, 0.25) is 0 Å². The Morgan fingerprint density at radius 1 is 1.48 bits per heavy atom. The number of hydrogen-bond donors (Lipinski definition) is 2. The van der Waals surface area contributed by atoms with Crippen LogP contribution in [-0.2, 0) is 12.0 Å². The fraction of sp³-hybridized carbons (Fsp3) is 0.667. The van der Waals surface area contributed by atoms with Gasteiger partial charge in [0.2, 0.25) is 0 Å². The first-order valence-electron chi connectivity index (χ1n) is 8.59. The lowest BCUT2D eigenvalue weighted by Crippen LogP contribution is -2.40. The largest absolute Gasteiger partial charge is 0.493 e. The summed E-state index contributed by atoms with van der Waals surface area (Å²) in [6.45, 7) is 5.63. The first-order valence-corrected chi connectivity index (χ1v) is 8.59. The molecule has 1 unspecified atom stereocenters. The van der Waals surface area contributed by atoms with Gasteiger partial charge in [-0.25, -0.2) is 0 Å². The second kappa shape index (κ2) is 5.36. The molecule has 0 aromatic heterocycles. The third-order valence-corrected chi connectivity index (χ3v) is 6.25. The zero-order valence-corrected chi connectivity index (χ0v) is 13.9. The molecule has 4 rings (SSSR count). The van der Waals surface area contributed by atoms with Crippen molar-refractivity contribution >= 4 is 0 Å². The molecule has 4 atom stereocenters. The number of hydrogen-bond acceptors (Lipinski definition) is 5. The second-order valence-electron chi connectivity index (χ2n) is 7.18. The molecule has 2 aliphatic heterocycles. The minimum Gasteiger partial charge on any atom is -0.493 e. The molecule has 1 spiro atoms. The van der Waals surface area contributed by atoms with Crippen LogP contribution in [0, 0.1) is 5.92 Å². The van der Waals surface area contributed by atoms with Gasteiger partial charge < -0.3 is 20.3 Å². The van der Waals surface area contributed by atoms with Crippen molar-refractivity contribution in [3.8, 4) is 11.5 Å². The molecule has 0 amide bonds. The summed E-state index contributed by atoms with van der Waals surface area (Å²) in [7, 11) is 1.69. The summed E-state index contributed by atoms with van der Waals surface area (Å²) in [4.78, 5) is 2.42. The Hall–Kier alpha value is -1.30. The first-order chi connectivity index (χ1) is 11.1. The van der Waals surface area contributed by atoms with Gasteiger partial charge in [0.25, 0.3) is 0 Å². The smallest absolute Gasteiger partial charge is 0.165 e. The van der Waals surface area contributed by atoms with Gasteiger partial charge in [-0.1, -0.05) is 13.0 Å². The Morgan fingerprint density at radius 2 is 2.30 bits per heavy atom. The van der Waals surface area contributed by atoms with Crippen LogP contribution in [0.3, 0.4) is 0 Å². The molecule has 0 saturated heterocycles. The Kier molecular flexibility index (Phi) is 3.55. The van der Waals surface area contributed by atoms with Crippen molar-refractivity contribution in [1.29, 1.82) is 0 Å². The predicted molar refractivity (Wildman–Crippen MR) is 87.8 cm³/mol. The molecule has 1 aliphatic carbocycles. The number of nitrogens with two attached hydrogens (primary N) is 1. The molecule has 1 aromatic carbocycles. The second-order valence-corrected chi connectivity index (χ2v) is 7.18. The zero-order valence-electron chi connectivity index (χ0n) is 13.9. The molecule has 5 heteroatoms. The van der Waals surface area contributed by atoms with Crippen molar-refractivity contribution in [3.63, 3.8) is 0 Å². The van der Waals surface area contributed by atoms with E-state index in [1.165, 1.54) is 11.1 Å². The lowest BCUT2D eigenvalue weighted by Gasteiger charge is -2.33. The number of nitrogens with zero attached hydrogens (tertiary/aromatic N) is 1. The van der Waals surface area contributed by atoms with Crippen LogP contribution in [0.1, 0.15) is 30.9 Å².